The summed E-state index contributed by atoms with van der Waals surface area (Å²) >= 11 is -2.40. The van der Waals surface area contributed by atoms with Crippen LogP contribution in [-0.2, 0) is 24.0 Å². The molecule has 6 heteroatoms. The van der Waals surface area contributed by atoms with Crippen molar-refractivity contribution in [2.45, 2.75) is 143 Å². The molecule has 0 amide bonds. The van der Waals surface area contributed by atoms with Crippen LogP contribution in [0, 0.1) is 23.7 Å². The molecule has 0 aromatic heterocycles. The molecule has 1 spiro atoms. The third kappa shape index (κ3) is 5.27. The fourth-order valence-electron chi connectivity index (χ4n) is 7.57. The molecule has 4 heterocycles. The van der Waals surface area contributed by atoms with Crippen molar-refractivity contribution in [3.63, 3.8) is 0 Å². The van der Waals surface area contributed by atoms with Gasteiger partial charge in [-0.15, -0.1) is 0 Å². The Morgan fingerprint density at radius 1 is 0.853 bits per heavy atom. The molecule has 1 aliphatic carbocycles. The van der Waals surface area contributed by atoms with E-state index in [4.69, 9.17) is 24.0 Å². The first-order chi connectivity index (χ1) is 16.3. The van der Waals surface area contributed by atoms with Gasteiger partial charge in [0.15, 0.2) is 0 Å². The van der Waals surface area contributed by atoms with Crippen LogP contribution in [0.4, 0.5) is 0 Å². The average Bonchev–Trinajstić information content (AvgIpc) is 3.06. The molecule has 0 unspecified atom stereocenters. The summed E-state index contributed by atoms with van der Waals surface area (Å²) in [6.45, 7) is 13.7. The zero-order valence-electron chi connectivity index (χ0n) is 22.9. The zero-order chi connectivity index (χ0) is 24.4. The molecule has 5 aliphatic rings. The van der Waals surface area contributed by atoms with Gasteiger partial charge in [0.05, 0.1) is 0 Å². The Morgan fingerprint density at radius 3 is 2.12 bits per heavy atom. The molecule has 2 bridgehead atoms. The quantitative estimate of drug-likeness (QED) is 0.174. The van der Waals surface area contributed by atoms with Gasteiger partial charge in [-0.25, -0.2) is 0 Å². The molecular formula is C28H52O5Sn. The SMILES string of the molecule is CCC[CH2][Sn]([CH2]CCC)([CH2]CCC)[CH2]O[C@H]1O[C@H]2O[C@@]3(C)CC[C@H]4[C@H](C)CC[C@@H]([C@H]1C)[C@@]24OO3. The topological polar surface area (TPSA) is 46.2 Å². The van der Waals surface area contributed by atoms with Crippen molar-refractivity contribution in [1.82, 2.24) is 0 Å². The van der Waals surface area contributed by atoms with Gasteiger partial charge in [0.1, 0.15) is 0 Å². The molecule has 1 saturated carbocycles. The van der Waals surface area contributed by atoms with Crippen molar-refractivity contribution in [3.05, 3.63) is 0 Å². The Labute approximate surface area is 213 Å². The average molecular weight is 587 g/mol. The molecule has 0 radical (unpaired) electrons. The van der Waals surface area contributed by atoms with Crippen molar-refractivity contribution in [2.75, 3.05) is 4.62 Å². The van der Waals surface area contributed by atoms with Gasteiger partial charge in [-0.05, 0) is 0 Å². The van der Waals surface area contributed by atoms with Gasteiger partial charge in [0.2, 0.25) is 0 Å². The predicted molar refractivity (Wildman–Crippen MR) is 138 cm³/mol. The number of hydrogen-bond donors (Lipinski definition) is 0. The third-order valence-electron chi connectivity index (χ3n) is 9.83. The molecule has 5 nitrogen and oxygen atoms in total. The summed E-state index contributed by atoms with van der Waals surface area (Å²) in [7, 11) is 0. The summed E-state index contributed by atoms with van der Waals surface area (Å²) in [4.78, 5) is 12.3. The van der Waals surface area contributed by atoms with Crippen molar-refractivity contribution >= 4 is 18.4 Å². The Kier molecular flexibility index (Phi) is 9.39. The Bertz CT molecular complexity index is 639. The van der Waals surface area contributed by atoms with E-state index in [1.165, 1.54) is 58.3 Å². The van der Waals surface area contributed by atoms with E-state index in [-0.39, 0.29) is 18.5 Å². The predicted octanol–water partition coefficient (Wildman–Crippen LogP) is 7.60. The van der Waals surface area contributed by atoms with E-state index in [1.807, 2.05) is 6.92 Å². The fraction of sp³-hybridized carbons (Fsp3) is 1.00. The number of rotatable bonds is 12. The van der Waals surface area contributed by atoms with Crippen LogP contribution < -0.4 is 0 Å². The summed E-state index contributed by atoms with van der Waals surface area (Å²) < 4.78 is 25.6. The van der Waals surface area contributed by atoms with E-state index < -0.39 is 29.8 Å². The number of fused-ring (bicyclic) bond motifs is 2. The van der Waals surface area contributed by atoms with Gasteiger partial charge in [-0.2, -0.15) is 0 Å². The first kappa shape index (κ1) is 27.6. The Balaban J connectivity index is 1.54. The molecule has 5 fully saturated rings. The Hall–Kier alpha value is 0.599. The molecule has 34 heavy (non-hydrogen) atoms. The van der Waals surface area contributed by atoms with E-state index in [9.17, 15) is 0 Å². The van der Waals surface area contributed by atoms with Crippen LogP contribution in [0.1, 0.15) is 106 Å². The van der Waals surface area contributed by atoms with Gasteiger partial charge in [0.25, 0.3) is 0 Å². The maximum absolute atomic E-state index is 6.89. The van der Waals surface area contributed by atoms with Crippen LogP contribution in [0.3, 0.4) is 0 Å². The second kappa shape index (κ2) is 11.6. The third-order valence-corrected chi connectivity index (χ3v) is 24.2. The Morgan fingerprint density at radius 2 is 1.50 bits per heavy atom. The minimum absolute atomic E-state index is 0.192. The standard InChI is InChI=1S/C16H25O5.3C4H9.Sn/c1-9-5-6-12-10(2)13(17-4)18-14-16(12)11(9)7-8-15(3,19-14)20-21-16;3*1-3-4-2;/h9-14H,4-8H2,1-3H3;3*1,3-4H2,2H3;/t9-,10-,11+,12+,13+,14+,15-,16-;;;;/m1..../s1. The molecule has 5 rings (SSSR count). The van der Waals surface area contributed by atoms with Crippen LogP contribution in [0.25, 0.3) is 0 Å². The van der Waals surface area contributed by atoms with E-state index in [1.54, 1.807) is 0 Å². The van der Waals surface area contributed by atoms with Crippen LogP contribution in [-0.4, -0.2) is 47.0 Å². The van der Waals surface area contributed by atoms with Crippen LogP contribution in [0.15, 0.2) is 0 Å². The monoisotopic (exact) mass is 588 g/mol. The van der Waals surface area contributed by atoms with Crippen molar-refractivity contribution in [2.24, 2.45) is 23.7 Å². The van der Waals surface area contributed by atoms with Crippen LogP contribution >= 0.6 is 0 Å². The van der Waals surface area contributed by atoms with Crippen molar-refractivity contribution in [1.29, 1.82) is 0 Å². The summed E-state index contributed by atoms with van der Waals surface area (Å²) in [5.74, 6) is 0.941. The second-order valence-corrected chi connectivity index (χ2v) is 26.1. The number of ether oxygens (including phenoxy) is 3. The van der Waals surface area contributed by atoms with Gasteiger partial charge < -0.3 is 0 Å². The molecule has 198 valence electrons. The van der Waals surface area contributed by atoms with Gasteiger partial charge >= 0.3 is 214 Å². The molecule has 4 saturated heterocycles. The van der Waals surface area contributed by atoms with Gasteiger partial charge in [-0.1, -0.05) is 0 Å². The molecule has 0 aromatic carbocycles. The zero-order valence-corrected chi connectivity index (χ0v) is 25.8. The normalized spacial score (nSPS) is 41.8. The molecular weight excluding hydrogens is 535 g/mol. The van der Waals surface area contributed by atoms with Gasteiger partial charge in [0, 0.05) is 0 Å². The summed E-state index contributed by atoms with van der Waals surface area (Å²) in [6, 6.07) is 0. The van der Waals surface area contributed by atoms with Crippen LogP contribution in [0.2, 0.25) is 13.3 Å². The van der Waals surface area contributed by atoms with E-state index in [0.29, 0.717) is 17.8 Å². The van der Waals surface area contributed by atoms with Gasteiger partial charge in [-0.3, -0.25) is 0 Å². The molecule has 4 aliphatic heterocycles. The summed E-state index contributed by atoms with van der Waals surface area (Å²) in [5.41, 5.74) is -0.486. The van der Waals surface area contributed by atoms with Crippen LogP contribution in [0.5, 0.6) is 0 Å². The first-order valence-electron chi connectivity index (χ1n) is 14.6. The molecule has 0 aromatic rings. The van der Waals surface area contributed by atoms with E-state index in [2.05, 4.69) is 34.6 Å². The molecule has 8 atom stereocenters. The van der Waals surface area contributed by atoms with E-state index in [0.717, 1.165) is 23.9 Å². The number of hydrogen-bond acceptors (Lipinski definition) is 5. The van der Waals surface area contributed by atoms with E-state index >= 15 is 0 Å². The van der Waals surface area contributed by atoms with Crippen molar-refractivity contribution in [3.8, 4) is 0 Å². The minimum atomic E-state index is -2.40. The number of unbranched alkanes of at least 4 members (excludes halogenated alkanes) is 3. The summed E-state index contributed by atoms with van der Waals surface area (Å²) in [6.07, 6.45) is 11.7. The maximum atomic E-state index is 6.89. The molecule has 0 N–H and O–H groups in total. The summed E-state index contributed by atoms with van der Waals surface area (Å²) in [5, 5.41) is 0. The first-order valence-corrected chi connectivity index (χ1v) is 22.7. The second-order valence-electron chi connectivity index (χ2n) is 12.4. The fourth-order valence-corrected chi connectivity index (χ4v) is 21.9. The van der Waals surface area contributed by atoms with Crippen molar-refractivity contribution < 1.29 is 24.0 Å².